The second-order valence-corrected chi connectivity index (χ2v) is 3.32. The molecular weight excluding hydrogens is 254 g/mol. The van der Waals surface area contributed by atoms with E-state index in [1.54, 1.807) is 12.1 Å². The number of carboxylic acid groups (broad SMARTS) is 2. The molecular formula is C12H10Na2O4. The standard InChI is InChI=1S/C12H8O4.2Na.2H/c13-11(14)9-5-1-3-7-8(9)4-2-6-10(7)12(15)16;;;;/h1-6H,(H,13,14)(H,15,16);;;;. The van der Waals surface area contributed by atoms with Crippen molar-refractivity contribution in [1.29, 1.82) is 0 Å². The van der Waals surface area contributed by atoms with Crippen LogP contribution in [0.3, 0.4) is 0 Å². The molecule has 84 valence electrons. The van der Waals surface area contributed by atoms with Crippen LogP contribution in [0.25, 0.3) is 10.8 Å². The van der Waals surface area contributed by atoms with Gasteiger partial charge >= 0.3 is 71.1 Å². The molecule has 0 unspecified atom stereocenters. The van der Waals surface area contributed by atoms with Crippen LogP contribution in [-0.2, 0) is 0 Å². The molecule has 0 spiro atoms. The number of hydrogen-bond acceptors (Lipinski definition) is 2. The fourth-order valence-corrected chi connectivity index (χ4v) is 1.68. The van der Waals surface area contributed by atoms with Gasteiger partial charge in [-0.15, -0.1) is 0 Å². The summed E-state index contributed by atoms with van der Waals surface area (Å²) in [7, 11) is 0. The van der Waals surface area contributed by atoms with Crippen LogP contribution in [0, 0.1) is 0 Å². The first-order chi connectivity index (χ1) is 7.61. The Kier molecular flexibility index (Phi) is 7.14. The zero-order valence-corrected chi connectivity index (χ0v) is 8.18. The minimum atomic E-state index is -1.06. The molecule has 0 fully saturated rings. The van der Waals surface area contributed by atoms with Gasteiger partial charge in [0.25, 0.3) is 0 Å². The Hall–Kier alpha value is -0.360. The molecule has 0 aliphatic rings. The zero-order valence-electron chi connectivity index (χ0n) is 8.18. The van der Waals surface area contributed by atoms with E-state index in [0.717, 1.165) is 0 Å². The van der Waals surface area contributed by atoms with Gasteiger partial charge < -0.3 is 10.2 Å². The molecule has 2 N–H and O–H groups in total. The molecule has 0 bridgehead atoms. The van der Waals surface area contributed by atoms with Crippen molar-refractivity contribution in [2.75, 3.05) is 0 Å². The van der Waals surface area contributed by atoms with Crippen LogP contribution in [0.1, 0.15) is 20.7 Å². The normalized spacial score (nSPS) is 9.11. The molecule has 6 heteroatoms. The number of fused-ring (bicyclic) bond motifs is 1. The Morgan fingerprint density at radius 3 is 1.33 bits per heavy atom. The van der Waals surface area contributed by atoms with Gasteiger partial charge in [-0.25, -0.2) is 9.59 Å². The Labute approximate surface area is 148 Å². The second kappa shape index (κ2) is 7.28. The third-order valence-electron chi connectivity index (χ3n) is 2.38. The Balaban J connectivity index is 0.00000144. The van der Waals surface area contributed by atoms with Gasteiger partial charge in [0.05, 0.1) is 11.1 Å². The SMILES string of the molecule is O=C(O)c1cccc2c(C(=O)O)cccc12.[NaH].[NaH]. The van der Waals surface area contributed by atoms with E-state index in [-0.39, 0.29) is 70.2 Å². The maximum atomic E-state index is 10.9. The third kappa shape index (κ3) is 3.35. The minimum absolute atomic E-state index is 0. The van der Waals surface area contributed by atoms with Crippen LogP contribution in [0.2, 0.25) is 0 Å². The van der Waals surface area contributed by atoms with E-state index in [1.165, 1.54) is 24.3 Å². The average Bonchev–Trinajstić information content (AvgIpc) is 2.27. The molecule has 0 radical (unpaired) electrons. The van der Waals surface area contributed by atoms with Crippen LogP contribution >= 0.6 is 0 Å². The first-order valence-corrected chi connectivity index (χ1v) is 4.59. The predicted octanol–water partition coefficient (Wildman–Crippen LogP) is 0.939. The van der Waals surface area contributed by atoms with E-state index in [9.17, 15) is 9.59 Å². The van der Waals surface area contributed by atoms with E-state index in [0.29, 0.717) is 10.8 Å². The van der Waals surface area contributed by atoms with Crippen molar-refractivity contribution in [3.05, 3.63) is 47.5 Å². The van der Waals surface area contributed by atoms with Gasteiger partial charge in [0.2, 0.25) is 0 Å². The molecule has 4 nitrogen and oxygen atoms in total. The van der Waals surface area contributed by atoms with Crippen LogP contribution in [-0.4, -0.2) is 81.3 Å². The molecule has 18 heavy (non-hydrogen) atoms. The summed E-state index contributed by atoms with van der Waals surface area (Å²) in [5.41, 5.74) is 0.223. The van der Waals surface area contributed by atoms with Gasteiger partial charge in [0, 0.05) is 0 Å². The fourth-order valence-electron chi connectivity index (χ4n) is 1.68. The molecule has 2 rings (SSSR count). The van der Waals surface area contributed by atoms with E-state index in [4.69, 9.17) is 10.2 Å². The van der Waals surface area contributed by atoms with Crippen molar-refractivity contribution in [3.63, 3.8) is 0 Å². The van der Waals surface area contributed by atoms with Crippen molar-refractivity contribution in [2.24, 2.45) is 0 Å². The van der Waals surface area contributed by atoms with E-state index >= 15 is 0 Å². The quantitative estimate of drug-likeness (QED) is 0.791. The van der Waals surface area contributed by atoms with Crippen LogP contribution in [0.15, 0.2) is 36.4 Å². The van der Waals surface area contributed by atoms with Gasteiger partial charge in [-0.1, -0.05) is 24.3 Å². The summed E-state index contributed by atoms with van der Waals surface area (Å²) in [6.45, 7) is 0. The molecule has 0 aliphatic carbocycles. The fraction of sp³-hybridized carbons (Fsp3) is 0. The number of hydrogen-bond donors (Lipinski definition) is 2. The van der Waals surface area contributed by atoms with Crippen molar-refractivity contribution >= 4 is 81.8 Å². The predicted molar refractivity (Wildman–Crippen MR) is 72.2 cm³/mol. The summed E-state index contributed by atoms with van der Waals surface area (Å²) >= 11 is 0. The number of carbonyl (C=O) groups is 2. The molecule has 2 aromatic carbocycles. The molecule has 0 aromatic heterocycles. The Morgan fingerprint density at radius 2 is 1.06 bits per heavy atom. The Bertz CT molecular complexity index is 542. The summed E-state index contributed by atoms with van der Waals surface area (Å²) in [5, 5.41) is 18.8. The molecule has 0 aliphatic heterocycles. The Morgan fingerprint density at radius 1 is 0.722 bits per heavy atom. The van der Waals surface area contributed by atoms with Crippen LogP contribution < -0.4 is 0 Å². The van der Waals surface area contributed by atoms with Crippen molar-refractivity contribution in [1.82, 2.24) is 0 Å². The average molecular weight is 264 g/mol. The molecule has 0 saturated carbocycles. The first kappa shape index (κ1) is 17.6. The summed E-state index contributed by atoms with van der Waals surface area (Å²) < 4.78 is 0. The molecule has 2 aromatic rings. The topological polar surface area (TPSA) is 74.6 Å². The first-order valence-electron chi connectivity index (χ1n) is 4.59. The van der Waals surface area contributed by atoms with Crippen LogP contribution in [0.5, 0.6) is 0 Å². The van der Waals surface area contributed by atoms with Crippen molar-refractivity contribution < 1.29 is 19.8 Å². The maximum absolute atomic E-state index is 10.9. The van der Waals surface area contributed by atoms with E-state index < -0.39 is 11.9 Å². The van der Waals surface area contributed by atoms with Gasteiger partial charge in [-0.05, 0) is 22.9 Å². The number of carboxylic acids is 2. The summed E-state index contributed by atoms with van der Waals surface area (Å²) in [6, 6.07) is 9.19. The second-order valence-electron chi connectivity index (χ2n) is 3.32. The number of aromatic carboxylic acids is 2. The van der Waals surface area contributed by atoms with Crippen molar-refractivity contribution in [3.8, 4) is 0 Å². The molecule has 0 amide bonds. The zero-order chi connectivity index (χ0) is 11.7. The number of rotatable bonds is 2. The molecule has 0 atom stereocenters. The van der Waals surface area contributed by atoms with Gasteiger partial charge in [0.1, 0.15) is 0 Å². The van der Waals surface area contributed by atoms with E-state index in [1.807, 2.05) is 0 Å². The number of benzene rings is 2. The summed E-state index contributed by atoms with van der Waals surface area (Å²) in [4.78, 5) is 21.9. The molecule has 0 saturated heterocycles. The van der Waals surface area contributed by atoms with Gasteiger partial charge in [0.15, 0.2) is 0 Å². The van der Waals surface area contributed by atoms with Crippen molar-refractivity contribution in [2.45, 2.75) is 0 Å². The summed E-state index contributed by atoms with van der Waals surface area (Å²) in [6.07, 6.45) is 0. The monoisotopic (exact) mass is 264 g/mol. The van der Waals surface area contributed by atoms with Gasteiger partial charge in [-0.2, -0.15) is 0 Å². The third-order valence-corrected chi connectivity index (χ3v) is 2.38. The van der Waals surface area contributed by atoms with Crippen LogP contribution in [0.4, 0.5) is 0 Å². The summed E-state index contributed by atoms with van der Waals surface area (Å²) in [5.74, 6) is -2.12. The van der Waals surface area contributed by atoms with Gasteiger partial charge in [-0.3, -0.25) is 0 Å². The molecule has 0 heterocycles. The van der Waals surface area contributed by atoms with E-state index in [2.05, 4.69) is 0 Å².